The number of amides is 1. The van der Waals surface area contributed by atoms with E-state index in [1.54, 1.807) is 6.20 Å². The lowest BCUT2D eigenvalue weighted by Gasteiger charge is -2.35. The minimum Gasteiger partial charge on any atom is -0.356 e. The number of pyridine rings is 1. The molecular weight excluding hydrogens is 358 g/mol. The Morgan fingerprint density at radius 1 is 1.10 bits per heavy atom. The van der Waals surface area contributed by atoms with Gasteiger partial charge in [0.15, 0.2) is 0 Å². The van der Waals surface area contributed by atoms with Gasteiger partial charge in [0.2, 0.25) is 5.91 Å². The molecule has 1 aliphatic rings. The van der Waals surface area contributed by atoms with Crippen molar-refractivity contribution >= 4 is 16.8 Å². The molecule has 0 bridgehead atoms. The Morgan fingerprint density at radius 3 is 2.79 bits per heavy atom. The van der Waals surface area contributed by atoms with E-state index < -0.39 is 0 Å². The van der Waals surface area contributed by atoms with Crippen molar-refractivity contribution in [3.63, 3.8) is 0 Å². The van der Waals surface area contributed by atoms with Crippen LogP contribution in [0.5, 0.6) is 0 Å². The second-order valence-electron chi connectivity index (χ2n) is 7.72. The highest BCUT2D eigenvalue weighted by Crippen LogP contribution is 2.37. The van der Waals surface area contributed by atoms with Crippen LogP contribution in [-0.4, -0.2) is 27.3 Å². The topological polar surface area (TPSA) is 49.0 Å². The average Bonchev–Trinajstić information content (AvgIpc) is 3.12. The first-order valence-electron chi connectivity index (χ1n) is 10.1. The Labute approximate surface area is 170 Å². The molecule has 2 aromatic heterocycles. The molecule has 0 radical (unpaired) electrons. The molecule has 144 valence electrons. The number of aromatic nitrogens is 2. The van der Waals surface area contributed by atoms with Gasteiger partial charge in [-0.05, 0) is 42.7 Å². The Kier molecular flexibility index (Phi) is 4.39. The molecule has 0 spiro atoms. The van der Waals surface area contributed by atoms with Crippen LogP contribution in [0.15, 0.2) is 72.9 Å². The molecule has 0 aliphatic carbocycles. The number of rotatable bonds is 3. The standard InChI is InChI=1S/C25H23N3O/c1-17-7-6-8-18(15-17)16-23(29)28-14-12-20-19-9-2-3-10-21(19)27-24(20)25(28)22-11-4-5-13-26-22/h2-11,13,15,25,27H,12,14,16H2,1H3/t25-/m0/s1. The van der Waals surface area contributed by atoms with Crippen molar-refractivity contribution in [2.75, 3.05) is 6.54 Å². The van der Waals surface area contributed by atoms with Crippen LogP contribution in [0.2, 0.25) is 0 Å². The minimum absolute atomic E-state index is 0.135. The highest BCUT2D eigenvalue weighted by Gasteiger charge is 2.35. The lowest BCUT2D eigenvalue weighted by Crippen LogP contribution is -2.41. The van der Waals surface area contributed by atoms with E-state index in [2.05, 4.69) is 47.2 Å². The largest absolute Gasteiger partial charge is 0.356 e. The third-order valence-corrected chi connectivity index (χ3v) is 5.76. The summed E-state index contributed by atoms with van der Waals surface area (Å²) in [6.45, 7) is 2.75. The fraction of sp³-hybridized carbons (Fsp3) is 0.200. The number of benzene rings is 2. The number of para-hydroxylation sites is 1. The van der Waals surface area contributed by atoms with E-state index in [9.17, 15) is 4.79 Å². The van der Waals surface area contributed by atoms with E-state index in [1.807, 2.05) is 41.3 Å². The van der Waals surface area contributed by atoms with E-state index in [1.165, 1.54) is 16.5 Å². The summed E-state index contributed by atoms with van der Waals surface area (Å²) in [5.41, 5.74) is 6.64. The number of aryl methyl sites for hydroxylation is 1. The van der Waals surface area contributed by atoms with Crippen LogP contribution < -0.4 is 0 Å². The van der Waals surface area contributed by atoms with Gasteiger partial charge in [-0.1, -0.05) is 54.1 Å². The van der Waals surface area contributed by atoms with Crippen molar-refractivity contribution < 1.29 is 4.79 Å². The maximum absolute atomic E-state index is 13.4. The summed E-state index contributed by atoms with van der Waals surface area (Å²) in [6, 6.07) is 22.3. The normalized spacial score (nSPS) is 16.0. The Morgan fingerprint density at radius 2 is 1.97 bits per heavy atom. The first-order chi connectivity index (χ1) is 14.2. The highest BCUT2D eigenvalue weighted by atomic mass is 16.2. The van der Waals surface area contributed by atoms with Gasteiger partial charge in [-0.3, -0.25) is 9.78 Å². The van der Waals surface area contributed by atoms with Crippen LogP contribution in [0.25, 0.3) is 10.9 Å². The molecule has 0 unspecified atom stereocenters. The van der Waals surface area contributed by atoms with Crippen LogP contribution >= 0.6 is 0 Å². The molecule has 0 saturated heterocycles. The van der Waals surface area contributed by atoms with Gasteiger partial charge < -0.3 is 9.88 Å². The lowest BCUT2D eigenvalue weighted by atomic mass is 9.94. The number of aromatic amines is 1. The number of fused-ring (bicyclic) bond motifs is 3. The Hall–Kier alpha value is -3.40. The van der Waals surface area contributed by atoms with Gasteiger partial charge in [0, 0.05) is 29.3 Å². The zero-order valence-electron chi connectivity index (χ0n) is 16.4. The summed E-state index contributed by atoms with van der Waals surface area (Å²) in [5, 5.41) is 1.24. The number of hydrogen-bond donors (Lipinski definition) is 1. The SMILES string of the molecule is Cc1cccc(CC(=O)N2CCc3c([nH]c4ccccc34)[C@@H]2c2ccccn2)c1. The molecule has 1 N–H and O–H groups in total. The molecule has 4 nitrogen and oxygen atoms in total. The molecule has 4 heteroatoms. The molecule has 1 amide bonds. The van der Waals surface area contributed by atoms with E-state index in [0.29, 0.717) is 13.0 Å². The summed E-state index contributed by atoms with van der Waals surface area (Å²) < 4.78 is 0. The zero-order chi connectivity index (χ0) is 19.8. The number of nitrogens with zero attached hydrogens (tertiary/aromatic N) is 2. The third-order valence-electron chi connectivity index (χ3n) is 5.76. The van der Waals surface area contributed by atoms with Gasteiger partial charge in [-0.2, -0.15) is 0 Å². The number of H-pyrrole nitrogens is 1. The van der Waals surface area contributed by atoms with Crippen LogP contribution in [-0.2, 0) is 17.6 Å². The van der Waals surface area contributed by atoms with E-state index in [-0.39, 0.29) is 11.9 Å². The van der Waals surface area contributed by atoms with Crippen LogP contribution in [0.1, 0.15) is 34.1 Å². The van der Waals surface area contributed by atoms with Gasteiger partial charge >= 0.3 is 0 Å². The van der Waals surface area contributed by atoms with Crippen molar-refractivity contribution in [1.29, 1.82) is 0 Å². The van der Waals surface area contributed by atoms with Crippen molar-refractivity contribution in [2.45, 2.75) is 25.8 Å². The molecule has 2 aromatic carbocycles. The minimum atomic E-state index is -0.190. The summed E-state index contributed by atoms with van der Waals surface area (Å²) in [4.78, 5) is 23.6. The molecule has 1 aliphatic heterocycles. The van der Waals surface area contributed by atoms with Crippen molar-refractivity contribution in [3.05, 3.63) is 101 Å². The number of carbonyl (C=O) groups excluding carboxylic acids is 1. The van der Waals surface area contributed by atoms with Crippen LogP contribution in [0.4, 0.5) is 0 Å². The van der Waals surface area contributed by atoms with E-state index >= 15 is 0 Å². The molecule has 5 rings (SSSR count). The van der Waals surface area contributed by atoms with E-state index in [0.717, 1.165) is 28.9 Å². The predicted octanol–water partition coefficient (Wildman–Crippen LogP) is 4.59. The summed E-state index contributed by atoms with van der Waals surface area (Å²) >= 11 is 0. The summed E-state index contributed by atoms with van der Waals surface area (Å²) in [7, 11) is 0. The van der Waals surface area contributed by atoms with Gasteiger partial charge in [-0.25, -0.2) is 0 Å². The Balaban J connectivity index is 1.57. The van der Waals surface area contributed by atoms with Crippen molar-refractivity contribution in [1.82, 2.24) is 14.9 Å². The number of nitrogens with one attached hydrogen (secondary N) is 1. The first-order valence-corrected chi connectivity index (χ1v) is 10.1. The fourth-order valence-electron chi connectivity index (χ4n) is 4.45. The maximum Gasteiger partial charge on any atom is 0.227 e. The molecule has 1 atom stereocenters. The number of carbonyl (C=O) groups is 1. The van der Waals surface area contributed by atoms with Gasteiger partial charge in [-0.15, -0.1) is 0 Å². The molecule has 29 heavy (non-hydrogen) atoms. The lowest BCUT2D eigenvalue weighted by molar-refractivity contribution is -0.132. The Bertz CT molecular complexity index is 1180. The first kappa shape index (κ1) is 17.7. The van der Waals surface area contributed by atoms with Crippen LogP contribution in [0.3, 0.4) is 0 Å². The smallest absolute Gasteiger partial charge is 0.227 e. The van der Waals surface area contributed by atoms with Crippen LogP contribution in [0, 0.1) is 6.92 Å². The summed E-state index contributed by atoms with van der Waals surface area (Å²) in [6.07, 6.45) is 3.05. The van der Waals surface area contributed by atoms with Gasteiger partial charge in [0.25, 0.3) is 0 Å². The van der Waals surface area contributed by atoms with Gasteiger partial charge in [0.05, 0.1) is 12.1 Å². The highest BCUT2D eigenvalue weighted by molar-refractivity contribution is 5.87. The molecule has 0 saturated carbocycles. The predicted molar refractivity (Wildman–Crippen MR) is 115 cm³/mol. The molecular formula is C25H23N3O. The molecule has 0 fully saturated rings. The monoisotopic (exact) mass is 381 g/mol. The molecule has 4 aromatic rings. The maximum atomic E-state index is 13.4. The zero-order valence-corrected chi connectivity index (χ0v) is 16.4. The number of hydrogen-bond acceptors (Lipinski definition) is 2. The molecule has 3 heterocycles. The second-order valence-corrected chi connectivity index (χ2v) is 7.72. The van der Waals surface area contributed by atoms with E-state index in [4.69, 9.17) is 0 Å². The third kappa shape index (κ3) is 3.21. The van der Waals surface area contributed by atoms with Crippen molar-refractivity contribution in [2.24, 2.45) is 0 Å². The van der Waals surface area contributed by atoms with Crippen molar-refractivity contribution in [3.8, 4) is 0 Å². The quantitative estimate of drug-likeness (QED) is 0.564. The second kappa shape index (κ2) is 7.21. The van der Waals surface area contributed by atoms with Gasteiger partial charge in [0.1, 0.15) is 6.04 Å². The summed E-state index contributed by atoms with van der Waals surface area (Å²) in [5.74, 6) is 0.135. The fourth-order valence-corrected chi connectivity index (χ4v) is 4.45. The average molecular weight is 381 g/mol.